The van der Waals surface area contributed by atoms with Gasteiger partial charge in [0, 0.05) is 15.6 Å². The number of amides is 1. The van der Waals surface area contributed by atoms with E-state index < -0.39 is 11.7 Å². The van der Waals surface area contributed by atoms with Crippen molar-refractivity contribution in [1.29, 1.82) is 0 Å². The largest absolute Gasteiger partial charge is 0.355 e. The molecular weight excluding hydrogens is 399 g/mol. The Morgan fingerprint density at radius 1 is 1.04 bits per heavy atom. The molecule has 4 rings (SSSR count). The van der Waals surface area contributed by atoms with Crippen LogP contribution < -0.4 is 5.32 Å². The van der Waals surface area contributed by atoms with Crippen LogP contribution in [0.2, 0.25) is 0 Å². The summed E-state index contributed by atoms with van der Waals surface area (Å²) in [5.41, 5.74) is 2.02. The highest BCUT2D eigenvalue weighted by molar-refractivity contribution is 9.10. The predicted octanol–water partition coefficient (Wildman–Crippen LogP) is 5.65. The van der Waals surface area contributed by atoms with Crippen molar-refractivity contribution in [3.63, 3.8) is 0 Å². The number of anilines is 1. The van der Waals surface area contributed by atoms with Gasteiger partial charge in [-0.25, -0.2) is 4.39 Å². The molecule has 0 unspecified atom stereocenters. The quantitative estimate of drug-likeness (QED) is 0.474. The zero-order valence-electron chi connectivity index (χ0n) is 13.4. The summed E-state index contributed by atoms with van der Waals surface area (Å²) < 4.78 is 20.2. The van der Waals surface area contributed by atoms with Crippen LogP contribution in [0, 0.1) is 5.82 Å². The summed E-state index contributed by atoms with van der Waals surface area (Å²) in [7, 11) is 0. The van der Waals surface area contributed by atoms with Gasteiger partial charge in [-0.05, 0) is 54.6 Å². The number of fused-ring (bicyclic) bond motifs is 1. The van der Waals surface area contributed by atoms with E-state index in [9.17, 15) is 9.18 Å². The predicted molar refractivity (Wildman–Crippen MR) is 101 cm³/mol. The van der Waals surface area contributed by atoms with Crippen molar-refractivity contribution in [3.8, 4) is 11.3 Å². The van der Waals surface area contributed by atoms with E-state index in [1.165, 1.54) is 12.1 Å². The number of hydrogen-bond acceptors (Lipinski definition) is 3. The van der Waals surface area contributed by atoms with E-state index in [0.717, 1.165) is 10.0 Å². The van der Waals surface area contributed by atoms with Crippen molar-refractivity contribution in [2.45, 2.75) is 0 Å². The Morgan fingerprint density at radius 2 is 1.81 bits per heavy atom. The van der Waals surface area contributed by atoms with Gasteiger partial charge in [0.15, 0.2) is 5.76 Å². The SMILES string of the molecule is O=C(Nc1ccccc1F)c1ccc2noc(-c3ccc(Br)cc3)c2c1. The van der Waals surface area contributed by atoms with Gasteiger partial charge in [0.2, 0.25) is 0 Å². The van der Waals surface area contributed by atoms with E-state index >= 15 is 0 Å². The molecule has 0 atom stereocenters. The first-order valence-corrected chi connectivity index (χ1v) is 8.62. The Bertz CT molecular complexity index is 1110. The van der Waals surface area contributed by atoms with Gasteiger partial charge < -0.3 is 9.84 Å². The zero-order chi connectivity index (χ0) is 18.1. The number of carbonyl (C=O) groups excluding carboxylic acids is 1. The van der Waals surface area contributed by atoms with Crippen LogP contribution in [0.3, 0.4) is 0 Å². The normalized spacial score (nSPS) is 10.8. The van der Waals surface area contributed by atoms with Gasteiger partial charge in [0.1, 0.15) is 11.3 Å². The van der Waals surface area contributed by atoms with E-state index in [4.69, 9.17) is 4.52 Å². The standard InChI is InChI=1S/C20H12BrFN2O2/c21-14-8-5-12(6-9-14)19-15-11-13(7-10-17(15)24-26-19)20(25)23-18-4-2-1-3-16(18)22/h1-11H,(H,23,25). The molecule has 0 saturated heterocycles. The number of hydrogen-bond donors (Lipinski definition) is 1. The van der Waals surface area contributed by atoms with Crippen LogP contribution in [0.4, 0.5) is 10.1 Å². The molecule has 0 spiro atoms. The van der Waals surface area contributed by atoms with Gasteiger partial charge in [0.05, 0.1) is 11.1 Å². The fraction of sp³-hybridized carbons (Fsp3) is 0. The van der Waals surface area contributed by atoms with Crippen molar-refractivity contribution >= 4 is 38.4 Å². The summed E-state index contributed by atoms with van der Waals surface area (Å²) in [4.78, 5) is 12.5. The highest BCUT2D eigenvalue weighted by Gasteiger charge is 2.15. The second kappa shape index (κ2) is 6.72. The molecule has 0 aliphatic heterocycles. The number of nitrogens with zero attached hydrogens (tertiary/aromatic N) is 1. The van der Waals surface area contributed by atoms with Crippen molar-refractivity contribution in [3.05, 3.63) is 82.6 Å². The van der Waals surface area contributed by atoms with Crippen LogP contribution in [-0.2, 0) is 0 Å². The lowest BCUT2D eigenvalue weighted by molar-refractivity contribution is 0.102. The Morgan fingerprint density at radius 3 is 2.58 bits per heavy atom. The first kappa shape index (κ1) is 16.5. The van der Waals surface area contributed by atoms with Crippen LogP contribution >= 0.6 is 15.9 Å². The molecule has 4 aromatic rings. The number of nitrogens with one attached hydrogen (secondary N) is 1. The van der Waals surface area contributed by atoms with Crippen molar-refractivity contribution < 1.29 is 13.7 Å². The zero-order valence-corrected chi connectivity index (χ0v) is 15.0. The van der Waals surface area contributed by atoms with Gasteiger partial charge >= 0.3 is 0 Å². The average Bonchev–Trinajstić information content (AvgIpc) is 3.07. The van der Waals surface area contributed by atoms with Crippen LogP contribution in [0.1, 0.15) is 10.4 Å². The number of benzene rings is 3. The molecule has 0 saturated carbocycles. The Labute approximate surface area is 156 Å². The van der Waals surface area contributed by atoms with Gasteiger partial charge in [-0.15, -0.1) is 0 Å². The number of carbonyl (C=O) groups is 1. The maximum absolute atomic E-state index is 13.7. The number of rotatable bonds is 3. The molecule has 3 aromatic carbocycles. The minimum atomic E-state index is -0.484. The third-order valence-electron chi connectivity index (χ3n) is 3.97. The summed E-state index contributed by atoms with van der Waals surface area (Å²) in [6.45, 7) is 0. The summed E-state index contributed by atoms with van der Waals surface area (Å²) in [5, 5.41) is 7.33. The Balaban J connectivity index is 1.71. The summed E-state index contributed by atoms with van der Waals surface area (Å²) >= 11 is 3.40. The minimum absolute atomic E-state index is 0.135. The maximum Gasteiger partial charge on any atom is 0.255 e. The highest BCUT2D eigenvalue weighted by atomic mass is 79.9. The smallest absolute Gasteiger partial charge is 0.255 e. The van der Waals surface area contributed by atoms with E-state index in [1.807, 2.05) is 24.3 Å². The Kier molecular flexibility index (Phi) is 4.26. The fourth-order valence-corrected chi connectivity index (χ4v) is 2.91. The second-order valence-corrected chi connectivity index (χ2v) is 6.60. The van der Waals surface area contributed by atoms with E-state index in [-0.39, 0.29) is 5.69 Å². The van der Waals surface area contributed by atoms with Gasteiger partial charge in [-0.2, -0.15) is 0 Å². The average molecular weight is 411 g/mol. The molecular formula is C20H12BrFN2O2. The molecule has 0 bridgehead atoms. The van der Waals surface area contributed by atoms with Crippen LogP contribution in [0.15, 0.2) is 75.7 Å². The van der Waals surface area contributed by atoms with Crippen molar-refractivity contribution in [1.82, 2.24) is 5.16 Å². The molecule has 0 radical (unpaired) electrons. The molecule has 6 heteroatoms. The lowest BCUT2D eigenvalue weighted by Gasteiger charge is -2.06. The molecule has 1 amide bonds. The summed E-state index contributed by atoms with van der Waals surface area (Å²) in [6.07, 6.45) is 0. The third-order valence-corrected chi connectivity index (χ3v) is 4.50. The lowest BCUT2D eigenvalue weighted by Crippen LogP contribution is -2.12. The maximum atomic E-state index is 13.7. The van der Waals surface area contributed by atoms with Crippen molar-refractivity contribution in [2.24, 2.45) is 0 Å². The van der Waals surface area contributed by atoms with E-state index in [0.29, 0.717) is 22.2 Å². The topological polar surface area (TPSA) is 55.1 Å². The van der Waals surface area contributed by atoms with E-state index in [1.54, 1.807) is 30.3 Å². The van der Waals surface area contributed by atoms with Gasteiger partial charge in [-0.1, -0.05) is 33.2 Å². The molecule has 0 aliphatic carbocycles. The molecule has 1 N–H and O–H groups in total. The first-order chi connectivity index (χ1) is 12.6. The number of aromatic nitrogens is 1. The molecule has 0 fully saturated rings. The molecule has 4 nitrogen and oxygen atoms in total. The highest BCUT2D eigenvalue weighted by Crippen LogP contribution is 2.30. The Hall–Kier alpha value is -2.99. The van der Waals surface area contributed by atoms with Crippen molar-refractivity contribution in [2.75, 3.05) is 5.32 Å². The van der Waals surface area contributed by atoms with E-state index in [2.05, 4.69) is 26.4 Å². The van der Waals surface area contributed by atoms with Crippen LogP contribution in [0.25, 0.3) is 22.2 Å². The summed E-state index contributed by atoms with van der Waals surface area (Å²) in [5.74, 6) is -0.310. The third kappa shape index (κ3) is 3.11. The van der Waals surface area contributed by atoms with Crippen LogP contribution in [-0.4, -0.2) is 11.1 Å². The lowest BCUT2D eigenvalue weighted by atomic mass is 10.1. The molecule has 1 aromatic heterocycles. The number of para-hydroxylation sites is 1. The molecule has 128 valence electrons. The monoisotopic (exact) mass is 410 g/mol. The molecule has 0 aliphatic rings. The molecule has 26 heavy (non-hydrogen) atoms. The first-order valence-electron chi connectivity index (χ1n) is 7.83. The number of halogens is 2. The van der Waals surface area contributed by atoms with Crippen LogP contribution in [0.5, 0.6) is 0 Å². The van der Waals surface area contributed by atoms with Gasteiger partial charge in [0.25, 0.3) is 5.91 Å². The molecule has 1 heterocycles. The van der Waals surface area contributed by atoms with Gasteiger partial charge in [-0.3, -0.25) is 4.79 Å². The minimum Gasteiger partial charge on any atom is -0.355 e. The summed E-state index contributed by atoms with van der Waals surface area (Å²) in [6, 6.07) is 18.7. The second-order valence-electron chi connectivity index (χ2n) is 5.68. The fourth-order valence-electron chi connectivity index (χ4n) is 2.65.